The number of nitrogens with zero attached hydrogens (tertiary/aromatic N) is 4. The van der Waals surface area contributed by atoms with Gasteiger partial charge in [-0.1, -0.05) is 66.7 Å². The first-order valence-electron chi connectivity index (χ1n) is 18.4. The van der Waals surface area contributed by atoms with Gasteiger partial charge in [0.05, 0.1) is 33.2 Å². The van der Waals surface area contributed by atoms with E-state index in [1.807, 2.05) is 42.5 Å². The fourth-order valence-electron chi connectivity index (χ4n) is 8.83. The molecule has 0 saturated heterocycles. The van der Waals surface area contributed by atoms with Gasteiger partial charge in [-0.15, -0.1) is 0 Å². The molecule has 4 aromatic heterocycles. The summed E-state index contributed by atoms with van der Waals surface area (Å²) < 4.78 is 17.2. The maximum absolute atomic E-state index is 9.95. The van der Waals surface area contributed by atoms with Crippen molar-refractivity contribution >= 4 is 87.5 Å². The predicted molar refractivity (Wildman–Crippen MR) is 225 cm³/mol. The Balaban J connectivity index is 1.13. The molecule has 0 N–H and O–H groups in total. The highest BCUT2D eigenvalue weighted by molar-refractivity contribution is 6.20. The first kappa shape index (κ1) is 30.4. The SMILES string of the molecule is N#Cc1ccc(-n2c3ccc(-c4ccc5c(c4)c4cc6c(cc4n5-c4ccccc4)oc4ccccc46)cc3c3cc4c(cc32)oc2ccccc24)cc1C#N. The quantitative estimate of drug-likeness (QED) is 0.182. The molecule has 0 aliphatic heterocycles. The summed E-state index contributed by atoms with van der Waals surface area (Å²) in [7, 11) is 0. The predicted octanol–water partition coefficient (Wildman–Crippen LogP) is 13.1. The highest BCUT2D eigenvalue weighted by Gasteiger charge is 2.20. The lowest BCUT2D eigenvalue weighted by atomic mass is 10.00. The molecule has 4 heterocycles. The van der Waals surface area contributed by atoms with Crippen molar-refractivity contribution in [3.8, 4) is 34.6 Å². The lowest BCUT2D eigenvalue weighted by Gasteiger charge is -2.10. The average molecular weight is 715 g/mol. The Bertz CT molecular complexity index is 3730. The number of nitriles is 2. The van der Waals surface area contributed by atoms with Crippen molar-refractivity contribution in [3.63, 3.8) is 0 Å². The van der Waals surface area contributed by atoms with Crippen LogP contribution >= 0.6 is 0 Å². The van der Waals surface area contributed by atoms with E-state index in [0.29, 0.717) is 11.1 Å². The summed E-state index contributed by atoms with van der Waals surface area (Å²) in [6, 6.07) is 58.8. The molecule has 8 aromatic carbocycles. The van der Waals surface area contributed by atoms with Crippen LogP contribution < -0.4 is 0 Å². The summed E-state index contributed by atoms with van der Waals surface area (Å²) >= 11 is 0. The summed E-state index contributed by atoms with van der Waals surface area (Å²) in [4.78, 5) is 0. The van der Waals surface area contributed by atoms with Crippen molar-refractivity contribution in [2.75, 3.05) is 0 Å². The summed E-state index contributed by atoms with van der Waals surface area (Å²) in [5.41, 5.74) is 12.3. The molecular formula is C50H26N4O2. The third kappa shape index (κ3) is 4.18. The number of aromatic nitrogens is 2. The van der Waals surface area contributed by atoms with Gasteiger partial charge in [0.1, 0.15) is 34.5 Å². The second-order valence-corrected chi connectivity index (χ2v) is 14.4. The van der Waals surface area contributed by atoms with Gasteiger partial charge < -0.3 is 18.0 Å². The molecule has 12 rings (SSSR count). The molecule has 0 spiro atoms. The summed E-state index contributed by atoms with van der Waals surface area (Å²) in [5.74, 6) is 0. The van der Waals surface area contributed by atoms with Gasteiger partial charge in [0.25, 0.3) is 0 Å². The van der Waals surface area contributed by atoms with E-state index >= 15 is 0 Å². The summed E-state index contributed by atoms with van der Waals surface area (Å²) in [6.07, 6.45) is 0. The van der Waals surface area contributed by atoms with Crippen molar-refractivity contribution < 1.29 is 8.83 Å². The largest absolute Gasteiger partial charge is 0.456 e. The number of furan rings is 2. The molecule has 0 saturated carbocycles. The van der Waals surface area contributed by atoms with E-state index in [1.165, 1.54) is 0 Å². The zero-order valence-electron chi connectivity index (χ0n) is 29.6. The topological polar surface area (TPSA) is 83.7 Å². The van der Waals surface area contributed by atoms with Gasteiger partial charge in [0.15, 0.2) is 0 Å². The van der Waals surface area contributed by atoms with Crippen molar-refractivity contribution in [3.05, 3.63) is 169 Å². The van der Waals surface area contributed by atoms with Gasteiger partial charge in [-0.05, 0) is 90.0 Å². The standard InChI is InChI=1S/C50H26N4O2/c51-27-31-14-17-34(20-32(31)28-52)54-44-19-16-30(22-38(44)40-24-42-36-11-5-7-13-48(36)56-50(42)26-46(40)54)29-15-18-43-37(21-29)39-23-41-35-10-4-6-12-47(35)55-49(41)25-45(39)53(43)33-8-2-1-3-9-33/h1-26H. The maximum atomic E-state index is 9.95. The number of hydrogen-bond acceptors (Lipinski definition) is 4. The summed E-state index contributed by atoms with van der Waals surface area (Å²) in [6.45, 7) is 0. The van der Waals surface area contributed by atoms with E-state index in [1.54, 1.807) is 12.1 Å². The van der Waals surface area contributed by atoms with E-state index in [0.717, 1.165) is 110 Å². The Labute approximate surface area is 318 Å². The highest BCUT2D eigenvalue weighted by atomic mass is 16.3. The molecule has 12 aromatic rings. The first-order chi connectivity index (χ1) is 27.6. The van der Waals surface area contributed by atoms with E-state index in [9.17, 15) is 10.5 Å². The molecule has 6 heteroatoms. The van der Waals surface area contributed by atoms with Crippen LogP contribution in [-0.4, -0.2) is 9.13 Å². The van der Waals surface area contributed by atoms with Gasteiger partial charge in [-0.2, -0.15) is 10.5 Å². The molecule has 56 heavy (non-hydrogen) atoms. The molecule has 0 aliphatic carbocycles. The van der Waals surface area contributed by atoms with E-state index in [-0.39, 0.29) is 0 Å². The van der Waals surface area contributed by atoms with Crippen LogP contribution in [0.3, 0.4) is 0 Å². The van der Waals surface area contributed by atoms with Crippen molar-refractivity contribution in [1.82, 2.24) is 9.13 Å². The van der Waals surface area contributed by atoms with Gasteiger partial charge in [-0.25, -0.2) is 0 Å². The van der Waals surface area contributed by atoms with Gasteiger partial charge >= 0.3 is 0 Å². The van der Waals surface area contributed by atoms with Crippen LogP contribution in [0.2, 0.25) is 0 Å². The molecule has 0 unspecified atom stereocenters. The average Bonchev–Trinajstić information content (AvgIpc) is 3.98. The maximum Gasteiger partial charge on any atom is 0.137 e. The third-order valence-electron chi connectivity index (χ3n) is 11.4. The Morgan fingerprint density at radius 3 is 1.39 bits per heavy atom. The number of hydrogen-bond donors (Lipinski definition) is 0. The van der Waals surface area contributed by atoms with Gasteiger partial charge in [0, 0.05) is 66.6 Å². The Hall–Kier alpha value is -8.06. The van der Waals surface area contributed by atoms with E-state index in [4.69, 9.17) is 8.83 Å². The van der Waals surface area contributed by atoms with Crippen LogP contribution in [0.15, 0.2) is 167 Å². The molecule has 0 bridgehead atoms. The smallest absolute Gasteiger partial charge is 0.137 e. The minimum absolute atomic E-state index is 0.338. The minimum Gasteiger partial charge on any atom is -0.456 e. The fourth-order valence-corrected chi connectivity index (χ4v) is 8.83. The second-order valence-electron chi connectivity index (χ2n) is 14.4. The van der Waals surface area contributed by atoms with Crippen molar-refractivity contribution in [2.45, 2.75) is 0 Å². The zero-order chi connectivity index (χ0) is 37.1. The Morgan fingerprint density at radius 1 is 0.339 bits per heavy atom. The van der Waals surface area contributed by atoms with Gasteiger partial charge in [0.2, 0.25) is 0 Å². The molecule has 0 amide bonds. The molecule has 6 nitrogen and oxygen atoms in total. The van der Waals surface area contributed by atoms with Crippen molar-refractivity contribution in [2.24, 2.45) is 0 Å². The van der Waals surface area contributed by atoms with Crippen LogP contribution in [0.25, 0.3) is 110 Å². The lowest BCUT2D eigenvalue weighted by Crippen LogP contribution is -1.96. The number of fused-ring (bicyclic) bond motifs is 12. The monoisotopic (exact) mass is 714 g/mol. The minimum atomic E-state index is 0.338. The van der Waals surface area contributed by atoms with Crippen LogP contribution in [0, 0.1) is 22.7 Å². The van der Waals surface area contributed by atoms with Crippen LogP contribution in [0.1, 0.15) is 11.1 Å². The van der Waals surface area contributed by atoms with E-state index in [2.05, 4.69) is 124 Å². The van der Waals surface area contributed by atoms with Crippen LogP contribution in [-0.2, 0) is 0 Å². The Kier molecular flexibility index (Phi) is 6.10. The second kappa shape index (κ2) is 11.2. The van der Waals surface area contributed by atoms with Crippen LogP contribution in [0.4, 0.5) is 0 Å². The highest BCUT2D eigenvalue weighted by Crippen LogP contribution is 2.42. The molecular weight excluding hydrogens is 689 g/mol. The van der Waals surface area contributed by atoms with Crippen molar-refractivity contribution in [1.29, 1.82) is 10.5 Å². The third-order valence-corrected chi connectivity index (χ3v) is 11.4. The van der Waals surface area contributed by atoms with E-state index < -0.39 is 0 Å². The fraction of sp³-hybridized carbons (Fsp3) is 0. The summed E-state index contributed by atoms with van der Waals surface area (Å²) in [5, 5.41) is 28.4. The zero-order valence-corrected chi connectivity index (χ0v) is 29.6. The lowest BCUT2D eigenvalue weighted by molar-refractivity contribution is 0.669. The van der Waals surface area contributed by atoms with Crippen LogP contribution in [0.5, 0.6) is 0 Å². The number of rotatable bonds is 3. The molecule has 258 valence electrons. The normalized spacial score (nSPS) is 11.9. The van der Waals surface area contributed by atoms with Gasteiger partial charge in [-0.3, -0.25) is 0 Å². The number of para-hydroxylation sites is 3. The first-order valence-corrected chi connectivity index (χ1v) is 18.4. The molecule has 0 aliphatic rings. The molecule has 0 fully saturated rings. The molecule has 0 atom stereocenters. The number of benzene rings is 8. The molecule has 0 radical (unpaired) electrons. The Morgan fingerprint density at radius 2 is 0.839 bits per heavy atom.